The highest BCUT2D eigenvalue weighted by molar-refractivity contribution is 7.99. The Hall–Kier alpha value is -3.00. The molecule has 1 aromatic carbocycles. The molecule has 0 bridgehead atoms. The predicted octanol–water partition coefficient (Wildman–Crippen LogP) is 1.52. The summed E-state index contributed by atoms with van der Waals surface area (Å²) in [4.78, 5) is 33.4. The summed E-state index contributed by atoms with van der Waals surface area (Å²) < 4.78 is 3.23. The van der Waals surface area contributed by atoms with Crippen LogP contribution in [-0.4, -0.2) is 31.4 Å². The summed E-state index contributed by atoms with van der Waals surface area (Å²) in [5, 5.41) is 10.4. The number of nitrogens with zero attached hydrogens (tertiary/aromatic N) is 4. The van der Waals surface area contributed by atoms with Gasteiger partial charge in [0.2, 0.25) is 5.69 Å². The van der Waals surface area contributed by atoms with E-state index >= 15 is 0 Å². The van der Waals surface area contributed by atoms with Crippen molar-refractivity contribution >= 4 is 17.7 Å². The first-order chi connectivity index (χ1) is 12.6. The fraction of sp³-hybridized carbons (Fsp3) is 0.167. The van der Waals surface area contributed by atoms with Crippen LogP contribution in [0.1, 0.15) is 22.1 Å². The Morgan fingerprint density at radius 3 is 2.62 bits per heavy atom. The van der Waals surface area contributed by atoms with Gasteiger partial charge in [-0.25, -0.2) is 24.1 Å². The van der Waals surface area contributed by atoms with Crippen LogP contribution in [0.5, 0.6) is 0 Å². The molecular weight excluding hydrogens is 352 g/mol. The van der Waals surface area contributed by atoms with Crippen molar-refractivity contribution < 1.29 is 14.5 Å². The normalized spacial score (nSPS) is 15.7. The largest absolute Gasteiger partial charge is 0.475 e. The van der Waals surface area contributed by atoms with Gasteiger partial charge in [-0.2, -0.15) is 4.57 Å². The van der Waals surface area contributed by atoms with Crippen LogP contribution in [0.3, 0.4) is 0 Å². The number of benzene rings is 1. The van der Waals surface area contributed by atoms with Crippen LogP contribution in [-0.2, 0) is 7.05 Å². The van der Waals surface area contributed by atoms with Crippen molar-refractivity contribution in [3.8, 4) is 11.1 Å². The molecule has 1 aliphatic heterocycles. The molecule has 26 heavy (non-hydrogen) atoms. The number of thioether (sulfide) groups is 1. The van der Waals surface area contributed by atoms with E-state index < -0.39 is 5.97 Å². The van der Waals surface area contributed by atoms with Crippen LogP contribution in [0.25, 0.3) is 11.1 Å². The molecule has 0 amide bonds. The lowest BCUT2D eigenvalue weighted by Crippen LogP contribution is -2.46. The molecule has 1 aliphatic rings. The van der Waals surface area contributed by atoms with Gasteiger partial charge in [-0.3, -0.25) is 0 Å². The Morgan fingerprint density at radius 2 is 1.96 bits per heavy atom. The van der Waals surface area contributed by atoms with E-state index in [1.807, 2.05) is 6.07 Å². The van der Waals surface area contributed by atoms with Gasteiger partial charge >= 0.3 is 16.7 Å². The van der Waals surface area contributed by atoms with Gasteiger partial charge in [-0.1, -0.05) is 30.3 Å². The number of carboxylic acids is 1. The van der Waals surface area contributed by atoms with Crippen molar-refractivity contribution in [3.05, 3.63) is 70.7 Å². The summed E-state index contributed by atoms with van der Waals surface area (Å²) in [6.45, 7) is 0. The predicted molar refractivity (Wildman–Crippen MR) is 95.2 cm³/mol. The first kappa shape index (κ1) is 16.5. The standard InChI is InChI=1S/C18H14N4O3S/c1-21-15(17(24)25)14(11-5-3-2-4-6-11)16(23)22-13(9-26-18(21)22)12-7-19-10-20-8-12/h2-8,10,13H,9H2,1H3/p+1/t13-/m1/s1. The van der Waals surface area contributed by atoms with E-state index in [9.17, 15) is 14.7 Å². The molecule has 0 radical (unpaired) electrons. The molecule has 0 spiro atoms. The molecule has 1 N–H and O–H groups in total. The average Bonchev–Trinajstić information content (AvgIpc) is 3.11. The summed E-state index contributed by atoms with van der Waals surface area (Å²) in [6, 6.07) is 8.66. The first-order valence-corrected chi connectivity index (χ1v) is 8.93. The molecule has 2 aromatic heterocycles. The van der Waals surface area contributed by atoms with Crippen LogP contribution in [0.4, 0.5) is 0 Å². The van der Waals surface area contributed by atoms with Gasteiger partial charge in [0.25, 0.3) is 0 Å². The third kappa shape index (κ3) is 2.50. The molecule has 8 heteroatoms. The van der Waals surface area contributed by atoms with E-state index in [1.165, 1.54) is 18.1 Å². The Labute approximate surface area is 153 Å². The van der Waals surface area contributed by atoms with Crippen molar-refractivity contribution in [1.82, 2.24) is 14.5 Å². The summed E-state index contributed by atoms with van der Waals surface area (Å²) >= 11 is 1.45. The van der Waals surface area contributed by atoms with E-state index in [-0.39, 0.29) is 22.9 Å². The maximum atomic E-state index is 13.4. The SMILES string of the molecule is C[n+]1c(C(=O)O)c(-c2ccccc2)c(=O)n2c1SC[C@@H]2c1cncnc1. The Bertz CT molecular complexity index is 1050. The zero-order valence-electron chi connectivity index (χ0n) is 13.9. The van der Waals surface area contributed by atoms with Gasteiger partial charge in [0.1, 0.15) is 17.9 Å². The van der Waals surface area contributed by atoms with Crippen molar-refractivity contribution in [1.29, 1.82) is 0 Å². The molecule has 0 unspecified atom stereocenters. The lowest BCUT2D eigenvalue weighted by molar-refractivity contribution is -0.717. The number of fused-ring (bicyclic) bond motifs is 1. The molecule has 0 saturated heterocycles. The minimum atomic E-state index is -1.13. The number of aromatic nitrogens is 4. The number of hydrogen-bond donors (Lipinski definition) is 1. The zero-order valence-corrected chi connectivity index (χ0v) is 14.7. The molecule has 0 fully saturated rings. The van der Waals surface area contributed by atoms with Crippen LogP contribution in [0, 0.1) is 0 Å². The van der Waals surface area contributed by atoms with Crippen LogP contribution >= 0.6 is 11.8 Å². The summed E-state index contributed by atoms with van der Waals surface area (Å²) in [5.74, 6) is -0.507. The summed E-state index contributed by atoms with van der Waals surface area (Å²) in [7, 11) is 1.68. The Morgan fingerprint density at radius 1 is 1.27 bits per heavy atom. The maximum Gasteiger partial charge on any atom is 0.377 e. The second-order valence-electron chi connectivity index (χ2n) is 5.91. The third-order valence-corrected chi connectivity index (χ3v) is 5.62. The molecule has 4 rings (SSSR count). The molecule has 0 aliphatic carbocycles. The van der Waals surface area contributed by atoms with Gasteiger partial charge < -0.3 is 5.11 Å². The smallest absolute Gasteiger partial charge is 0.377 e. The monoisotopic (exact) mass is 367 g/mol. The van der Waals surface area contributed by atoms with E-state index in [4.69, 9.17) is 0 Å². The van der Waals surface area contributed by atoms with E-state index in [2.05, 4.69) is 9.97 Å². The van der Waals surface area contributed by atoms with Gasteiger partial charge in [-0.05, 0) is 17.3 Å². The second kappa shape index (κ2) is 6.38. The summed E-state index contributed by atoms with van der Waals surface area (Å²) in [6.07, 6.45) is 4.82. The number of hydrogen-bond acceptors (Lipinski definition) is 5. The van der Waals surface area contributed by atoms with Crippen molar-refractivity contribution in [2.24, 2.45) is 7.05 Å². The highest BCUT2D eigenvalue weighted by atomic mass is 32.2. The lowest BCUT2D eigenvalue weighted by atomic mass is 10.0. The van der Waals surface area contributed by atoms with E-state index in [0.717, 1.165) is 5.56 Å². The fourth-order valence-corrected chi connectivity index (χ4v) is 4.53. The highest BCUT2D eigenvalue weighted by Crippen LogP contribution is 2.34. The van der Waals surface area contributed by atoms with Crippen LogP contribution < -0.4 is 10.1 Å². The Kier molecular flexibility index (Phi) is 4.04. The fourth-order valence-electron chi connectivity index (χ4n) is 3.25. The number of carbonyl (C=O) groups is 1. The topological polar surface area (TPSA) is 89.0 Å². The third-order valence-electron chi connectivity index (χ3n) is 4.41. The molecule has 0 saturated carbocycles. The van der Waals surface area contributed by atoms with Gasteiger partial charge in [-0.15, -0.1) is 0 Å². The first-order valence-electron chi connectivity index (χ1n) is 7.94. The zero-order chi connectivity index (χ0) is 18.3. The Balaban J connectivity index is 2.04. The highest BCUT2D eigenvalue weighted by Gasteiger charge is 2.40. The van der Waals surface area contributed by atoms with E-state index in [1.54, 1.807) is 52.8 Å². The van der Waals surface area contributed by atoms with Gasteiger partial charge in [0.05, 0.1) is 12.8 Å². The van der Waals surface area contributed by atoms with Crippen molar-refractivity contribution in [2.75, 3.05) is 5.75 Å². The molecule has 130 valence electrons. The number of aromatic carboxylic acids is 1. The molecule has 3 aromatic rings. The number of rotatable bonds is 3. The molecule has 3 heterocycles. The minimum Gasteiger partial charge on any atom is -0.475 e. The van der Waals surface area contributed by atoms with Gasteiger partial charge in [0, 0.05) is 18.0 Å². The number of carboxylic acid groups (broad SMARTS) is 1. The van der Waals surface area contributed by atoms with Crippen LogP contribution in [0.15, 0.2) is 59.0 Å². The quantitative estimate of drug-likeness (QED) is 0.558. The average molecular weight is 367 g/mol. The molecular formula is C18H15N4O3S+. The second-order valence-corrected chi connectivity index (χ2v) is 6.90. The minimum absolute atomic E-state index is 0.00934. The van der Waals surface area contributed by atoms with E-state index in [0.29, 0.717) is 16.5 Å². The maximum absolute atomic E-state index is 13.4. The molecule has 1 atom stereocenters. The lowest BCUT2D eigenvalue weighted by Gasteiger charge is -2.12. The van der Waals surface area contributed by atoms with Crippen molar-refractivity contribution in [3.63, 3.8) is 0 Å². The molecule has 7 nitrogen and oxygen atoms in total. The van der Waals surface area contributed by atoms with Crippen LogP contribution in [0.2, 0.25) is 0 Å². The van der Waals surface area contributed by atoms with Gasteiger partial charge in [0.15, 0.2) is 0 Å². The van der Waals surface area contributed by atoms with Crippen molar-refractivity contribution in [2.45, 2.75) is 11.2 Å². The summed E-state index contributed by atoms with van der Waals surface area (Å²) in [5.41, 5.74) is 1.27.